The van der Waals surface area contributed by atoms with Gasteiger partial charge in [0.15, 0.2) is 5.15 Å². The quantitative estimate of drug-likeness (QED) is 0.855. The first-order chi connectivity index (χ1) is 9.90. The summed E-state index contributed by atoms with van der Waals surface area (Å²) in [6, 6.07) is 3.90. The molecule has 3 rings (SSSR count). The average Bonchev–Trinajstić information content (AvgIpc) is 2.65. The molecule has 0 N–H and O–H groups in total. The molecule has 0 spiro atoms. The maximum Gasteiger partial charge on any atom is 0.239 e. The molecule has 5 nitrogen and oxygen atoms in total. The number of amides is 1. The summed E-state index contributed by atoms with van der Waals surface area (Å²) in [7, 11) is 3.37. The molecule has 1 aliphatic rings. The highest BCUT2D eigenvalue weighted by Gasteiger charge is 2.46. The Balaban J connectivity index is 2.36. The smallest absolute Gasteiger partial charge is 0.239 e. The van der Waals surface area contributed by atoms with Crippen molar-refractivity contribution in [1.82, 2.24) is 10.2 Å². The van der Waals surface area contributed by atoms with E-state index >= 15 is 0 Å². The van der Waals surface area contributed by atoms with E-state index in [9.17, 15) is 4.79 Å². The number of rotatable bonds is 2. The fourth-order valence-electron chi connectivity index (χ4n) is 3.03. The summed E-state index contributed by atoms with van der Waals surface area (Å²) >= 11 is 6.15. The number of anilines is 1. The van der Waals surface area contributed by atoms with Crippen molar-refractivity contribution in [3.05, 3.63) is 28.5 Å². The highest BCUT2D eigenvalue weighted by molar-refractivity contribution is 6.34. The molecule has 21 heavy (non-hydrogen) atoms. The number of aryl methyl sites for hydroxylation is 1. The van der Waals surface area contributed by atoms with E-state index in [4.69, 9.17) is 16.3 Å². The van der Waals surface area contributed by atoms with E-state index in [0.717, 1.165) is 27.7 Å². The van der Waals surface area contributed by atoms with Crippen LogP contribution in [-0.2, 0) is 14.9 Å². The number of likely N-dealkylation sites (N-methyl/N-ethyl adjacent to an activating group) is 1. The van der Waals surface area contributed by atoms with Gasteiger partial charge in [-0.2, -0.15) is 5.10 Å². The zero-order valence-corrected chi connectivity index (χ0v) is 13.2. The maximum absolute atomic E-state index is 12.6. The fourth-order valence-corrected chi connectivity index (χ4v) is 3.22. The second kappa shape index (κ2) is 4.64. The van der Waals surface area contributed by atoms with Crippen molar-refractivity contribution < 1.29 is 9.53 Å². The first-order valence-electron chi connectivity index (χ1n) is 6.64. The van der Waals surface area contributed by atoms with Gasteiger partial charge < -0.3 is 9.64 Å². The standard InChI is InChI=1S/C15H16ClN3O2/c1-8-9-5-11-12(6-10(9)13(16)18-17-8)19(3)14(20)15(11,2)7-21-4/h5-6H,7H2,1-4H3. The number of hydrogen-bond acceptors (Lipinski definition) is 4. The molecule has 0 radical (unpaired) electrons. The van der Waals surface area contributed by atoms with Crippen molar-refractivity contribution in [3.63, 3.8) is 0 Å². The molecule has 1 aromatic carbocycles. The number of aromatic nitrogens is 2. The van der Waals surface area contributed by atoms with Crippen molar-refractivity contribution >= 4 is 34.0 Å². The number of nitrogens with zero attached hydrogens (tertiary/aromatic N) is 3. The van der Waals surface area contributed by atoms with Gasteiger partial charge >= 0.3 is 0 Å². The number of benzene rings is 1. The molecule has 1 unspecified atom stereocenters. The third-order valence-corrected chi connectivity index (χ3v) is 4.48. The lowest BCUT2D eigenvalue weighted by atomic mass is 9.83. The van der Waals surface area contributed by atoms with E-state index in [2.05, 4.69) is 10.2 Å². The zero-order chi connectivity index (χ0) is 15.4. The van der Waals surface area contributed by atoms with E-state index in [1.807, 2.05) is 26.0 Å². The minimum Gasteiger partial charge on any atom is -0.383 e. The normalized spacial score (nSPS) is 21.2. The van der Waals surface area contributed by atoms with Crippen LogP contribution in [0.25, 0.3) is 10.8 Å². The van der Waals surface area contributed by atoms with Crippen LogP contribution in [0.4, 0.5) is 5.69 Å². The average molecular weight is 306 g/mol. The molecule has 2 aromatic rings. The van der Waals surface area contributed by atoms with Crippen LogP contribution in [0.5, 0.6) is 0 Å². The van der Waals surface area contributed by atoms with Gasteiger partial charge in [0.05, 0.1) is 17.7 Å². The van der Waals surface area contributed by atoms with Crippen molar-refractivity contribution in [2.75, 3.05) is 25.7 Å². The molecule has 1 aliphatic heterocycles. The van der Waals surface area contributed by atoms with E-state index in [-0.39, 0.29) is 5.91 Å². The summed E-state index contributed by atoms with van der Waals surface area (Å²) in [5.74, 6) is 0.0179. The van der Waals surface area contributed by atoms with Gasteiger partial charge in [0, 0.05) is 30.6 Å². The monoisotopic (exact) mass is 305 g/mol. The Hall–Kier alpha value is -1.72. The minimum absolute atomic E-state index is 0.0179. The van der Waals surface area contributed by atoms with Crippen molar-refractivity contribution in [1.29, 1.82) is 0 Å². The van der Waals surface area contributed by atoms with Gasteiger partial charge in [-0.3, -0.25) is 4.79 Å². The van der Waals surface area contributed by atoms with E-state index < -0.39 is 5.41 Å². The van der Waals surface area contributed by atoms with Gasteiger partial charge in [0.2, 0.25) is 5.91 Å². The minimum atomic E-state index is -0.685. The Kier molecular flexibility index (Phi) is 3.15. The summed E-state index contributed by atoms with van der Waals surface area (Å²) in [4.78, 5) is 14.3. The number of halogens is 1. The lowest BCUT2D eigenvalue weighted by Gasteiger charge is -2.22. The lowest BCUT2D eigenvalue weighted by molar-refractivity contribution is -0.124. The SMILES string of the molecule is COCC1(C)C(=O)N(C)c2cc3c(Cl)nnc(C)c3cc21. The van der Waals surface area contributed by atoms with Gasteiger partial charge in [0.1, 0.15) is 0 Å². The second-order valence-corrected chi connectivity index (χ2v) is 5.98. The molecule has 1 amide bonds. The summed E-state index contributed by atoms with van der Waals surface area (Å²) in [6.45, 7) is 4.12. The molecule has 6 heteroatoms. The molecule has 110 valence electrons. The van der Waals surface area contributed by atoms with Crippen LogP contribution in [-0.4, -0.2) is 36.9 Å². The van der Waals surface area contributed by atoms with E-state index in [0.29, 0.717) is 11.8 Å². The van der Waals surface area contributed by atoms with Crippen LogP contribution in [0, 0.1) is 6.92 Å². The third-order valence-electron chi connectivity index (χ3n) is 4.20. The fraction of sp³-hybridized carbons (Fsp3) is 0.400. The molecule has 0 saturated carbocycles. The van der Waals surface area contributed by atoms with Gasteiger partial charge in [-0.15, -0.1) is 5.10 Å². The van der Waals surface area contributed by atoms with E-state index in [1.54, 1.807) is 19.1 Å². The van der Waals surface area contributed by atoms with Crippen LogP contribution in [0.3, 0.4) is 0 Å². The molecule has 0 aliphatic carbocycles. The second-order valence-electron chi connectivity index (χ2n) is 5.62. The third kappa shape index (κ3) is 1.84. The largest absolute Gasteiger partial charge is 0.383 e. The first-order valence-corrected chi connectivity index (χ1v) is 7.02. The van der Waals surface area contributed by atoms with Gasteiger partial charge in [-0.05, 0) is 31.5 Å². The Morgan fingerprint density at radius 3 is 2.71 bits per heavy atom. The topological polar surface area (TPSA) is 55.3 Å². The Morgan fingerprint density at radius 2 is 2.05 bits per heavy atom. The molecule has 0 saturated heterocycles. The van der Waals surface area contributed by atoms with Crippen molar-refractivity contribution in [3.8, 4) is 0 Å². The predicted octanol–water partition coefficient (Wildman–Crippen LogP) is 2.47. The molecular weight excluding hydrogens is 290 g/mol. The first kappa shape index (κ1) is 14.2. The van der Waals surface area contributed by atoms with E-state index in [1.165, 1.54) is 0 Å². The zero-order valence-electron chi connectivity index (χ0n) is 12.4. The maximum atomic E-state index is 12.6. The molecule has 0 fully saturated rings. The summed E-state index contributed by atoms with van der Waals surface area (Å²) in [5, 5.41) is 10.1. The summed E-state index contributed by atoms with van der Waals surface area (Å²) in [6.07, 6.45) is 0. The number of fused-ring (bicyclic) bond motifs is 2. The highest BCUT2D eigenvalue weighted by Crippen LogP contribution is 2.44. The van der Waals surface area contributed by atoms with Crippen LogP contribution >= 0.6 is 11.6 Å². The Morgan fingerprint density at radius 1 is 1.33 bits per heavy atom. The van der Waals surface area contributed by atoms with Gasteiger partial charge in [-0.25, -0.2) is 0 Å². The van der Waals surface area contributed by atoms with Crippen LogP contribution < -0.4 is 4.90 Å². The molecular formula is C15H16ClN3O2. The predicted molar refractivity (Wildman–Crippen MR) is 81.9 cm³/mol. The molecule has 0 bridgehead atoms. The molecule has 1 aromatic heterocycles. The number of hydrogen-bond donors (Lipinski definition) is 0. The number of carbonyl (C=O) groups excluding carboxylic acids is 1. The van der Waals surface area contributed by atoms with Gasteiger partial charge in [-0.1, -0.05) is 11.6 Å². The molecule has 2 heterocycles. The molecule has 1 atom stereocenters. The Labute approximate surface area is 127 Å². The van der Waals surface area contributed by atoms with Crippen molar-refractivity contribution in [2.24, 2.45) is 0 Å². The van der Waals surface area contributed by atoms with Crippen LogP contribution in [0.15, 0.2) is 12.1 Å². The van der Waals surface area contributed by atoms with Gasteiger partial charge in [0.25, 0.3) is 0 Å². The summed E-state index contributed by atoms with van der Waals surface area (Å²) < 4.78 is 5.27. The number of methoxy groups -OCH3 is 1. The number of carbonyl (C=O) groups is 1. The van der Waals surface area contributed by atoms with Crippen molar-refractivity contribution in [2.45, 2.75) is 19.3 Å². The summed E-state index contributed by atoms with van der Waals surface area (Å²) in [5.41, 5.74) is 1.90. The Bertz CT molecular complexity index is 762. The number of ether oxygens (including phenoxy) is 1. The van der Waals surface area contributed by atoms with Crippen LogP contribution in [0.1, 0.15) is 18.2 Å². The lowest BCUT2D eigenvalue weighted by Crippen LogP contribution is -2.39. The highest BCUT2D eigenvalue weighted by atomic mass is 35.5. The van der Waals surface area contributed by atoms with Crippen LogP contribution in [0.2, 0.25) is 5.15 Å².